The van der Waals surface area contributed by atoms with Gasteiger partial charge in [-0.3, -0.25) is 4.90 Å². The van der Waals surface area contributed by atoms with Crippen molar-refractivity contribution in [1.29, 1.82) is 0 Å². The monoisotopic (exact) mass is 472 g/mol. The van der Waals surface area contributed by atoms with E-state index in [9.17, 15) is 18.3 Å². The Balaban J connectivity index is 0.00000225. The maximum Gasteiger partial charge on any atom is 0.573 e. The molecule has 1 aliphatic heterocycles. The van der Waals surface area contributed by atoms with E-state index in [0.29, 0.717) is 6.04 Å². The van der Waals surface area contributed by atoms with E-state index in [0.717, 1.165) is 57.4 Å². The molecule has 1 heterocycles. The van der Waals surface area contributed by atoms with E-state index in [1.54, 1.807) is 6.07 Å². The zero-order valence-corrected chi connectivity index (χ0v) is 19.1. The molecule has 0 spiro atoms. The lowest BCUT2D eigenvalue weighted by atomic mass is 9.74. The largest absolute Gasteiger partial charge is 0.573 e. The lowest BCUT2D eigenvalue weighted by Gasteiger charge is -2.42. The molecule has 30 heavy (non-hydrogen) atoms. The van der Waals surface area contributed by atoms with Crippen LogP contribution in [0, 0.1) is 5.92 Å². The first-order valence-corrected chi connectivity index (χ1v) is 10.2. The minimum Gasteiger partial charge on any atom is -0.406 e. The first-order valence-electron chi connectivity index (χ1n) is 10.2. The first-order chi connectivity index (χ1) is 13.2. The van der Waals surface area contributed by atoms with Gasteiger partial charge in [-0.05, 0) is 50.4 Å². The van der Waals surface area contributed by atoms with Gasteiger partial charge in [0, 0.05) is 38.1 Å². The van der Waals surface area contributed by atoms with Crippen molar-refractivity contribution in [2.45, 2.75) is 57.0 Å². The third-order valence-corrected chi connectivity index (χ3v) is 6.32. The summed E-state index contributed by atoms with van der Waals surface area (Å²) in [6, 6.07) is 6.76. The maximum absolute atomic E-state index is 12.7. The number of aliphatic hydroxyl groups excluding tert-OH is 1. The standard InChI is InChI=1S/C21H31F3N2O2.2ClH/c1-15-13-26(11-10-25(15)2)14-19(18-8-3-4-9-20(18)27)16-6-5-7-17(12-16)28-21(22,23)24;;/h5-7,12,15,18-20,27H,3-4,8-11,13-14H2,1-2H3;2*1H/t15-,18?,19?,20-;;/m0../s1. The van der Waals surface area contributed by atoms with Crippen molar-refractivity contribution in [3.05, 3.63) is 29.8 Å². The number of nitrogens with zero attached hydrogens (tertiary/aromatic N) is 2. The predicted molar refractivity (Wildman–Crippen MR) is 117 cm³/mol. The molecule has 174 valence electrons. The average molecular weight is 473 g/mol. The van der Waals surface area contributed by atoms with Crippen LogP contribution in [0.15, 0.2) is 24.3 Å². The van der Waals surface area contributed by atoms with Crippen LogP contribution in [0.25, 0.3) is 0 Å². The Bertz CT molecular complexity index is 651. The van der Waals surface area contributed by atoms with Crippen molar-refractivity contribution < 1.29 is 23.0 Å². The maximum atomic E-state index is 12.7. The normalized spacial score (nSPS) is 26.9. The highest BCUT2D eigenvalue weighted by molar-refractivity contribution is 5.85. The number of piperazine rings is 1. The zero-order valence-electron chi connectivity index (χ0n) is 17.5. The fraction of sp³-hybridized carbons (Fsp3) is 0.714. The van der Waals surface area contributed by atoms with E-state index >= 15 is 0 Å². The number of hydrogen-bond acceptors (Lipinski definition) is 4. The molecule has 2 aliphatic rings. The van der Waals surface area contributed by atoms with Gasteiger partial charge < -0.3 is 14.7 Å². The zero-order chi connectivity index (χ0) is 20.3. The lowest BCUT2D eigenvalue weighted by Crippen LogP contribution is -2.51. The molecule has 9 heteroatoms. The van der Waals surface area contributed by atoms with Crippen LogP contribution in [0.3, 0.4) is 0 Å². The quantitative estimate of drug-likeness (QED) is 0.673. The minimum absolute atomic E-state index is 0. The summed E-state index contributed by atoms with van der Waals surface area (Å²) in [7, 11) is 2.11. The van der Waals surface area contributed by atoms with Gasteiger partial charge in [-0.2, -0.15) is 0 Å². The lowest BCUT2D eigenvalue weighted by molar-refractivity contribution is -0.274. The molecule has 2 fully saturated rings. The van der Waals surface area contributed by atoms with Crippen molar-refractivity contribution in [3.8, 4) is 5.75 Å². The van der Waals surface area contributed by atoms with Gasteiger partial charge >= 0.3 is 6.36 Å². The molecule has 0 radical (unpaired) electrons. The molecule has 0 aromatic heterocycles. The molecule has 0 bridgehead atoms. The SMILES string of the molecule is C[C@H]1CN(CC(c2cccc(OC(F)(F)F)c2)C2CCCC[C@@H]2O)CCN1C.Cl.Cl. The van der Waals surface area contributed by atoms with Crippen molar-refractivity contribution >= 4 is 24.8 Å². The van der Waals surface area contributed by atoms with Crippen LogP contribution in [-0.4, -0.2) is 66.6 Å². The first kappa shape index (κ1) is 27.3. The second kappa shape index (κ2) is 11.8. The number of rotatable bonds is 5. The van der Waals surface area contributed by atoms with E-state index in [1.165, 1.54) is 12.1 Å². The Morgan fingerprint density at radius 2 is 1.87 bits per heavy atom. The predicted octanol–water partition coefficient (Wildman–Crippen LogP) is 4.70. The number of aliphatic hydroxyl groups is 1. The highest BCUT2D eigenvalue weighted by atomic mass is 35.5. The second-order valence-corrected chi connectivity index (χ2v) is 8.33. The Morgan fingerprint density at radius 1 is 1.17 bits per heavy atom. The van der Waals surface area contributed by atoms with Gasteiger partial charge in [-0.25, -0.2) is 0 Å². The number of halogens is 5. The molecule has 3 rings (SSSR count). The molecule has 1 saturated carbocycles. The second-order valence-electron chi connectivity index (χ2n) is 8.33. The van der Waals surface area contributed by atoms with Crippen molar-refractivity contribution in [2.75, 3.05) is 33.2 Å². The summed E-state index contributed by atoms with van der Waals surface area (Å²) in [4.78, 5) is 4.70. The molecule has 0 amide bonds. The Labute approximate surface area is 189 Å². The number of hydrogen-bond donors (Lipinski definition) is 1. The van der Waals surface area contributed by atoms with Crippen LogP contribution in [0.1, 0.15) is 44.1 Å². The summed E-state index contributed by atoms with van der Waals surface area (Å²) in [6.07, 6.45) is -1.39. The van der Waals surface area contributed by atoms with E-state index in [4.69, 9.17) is 0 Å². The number of benzene rings is 1. The van der Waals surface area contributed by atoms with E-state index in [-0.39, 0.29) is 42.4 Å². The molecule has 1 aromatic carbocycles. The highest BCUT2D eigenvalue weighted by Gasteiger charge is 2.35. The molecule has 4 nitrogen and oxygen atoms in total. The summed E-state index contributed by atoms with van der Waals surface area (Å²) < 4.78 is 42.1. The van der Waals surface area contributed by atoms with Gasteiger partial charge in [0.15, 0.2) is 0 Å². The number of likely N-dealkylation sites (N-methyl/N-ethyl adjacent to an activating group) is 1. The van der Waals surface area contributed by atoms with Gasteiger partial charge in [0.25, 0.3) is 0 Å². The Kier molecular flexibility index (Phi) is 10.7. The fourth-order valence-electron chi connectivity index (χ4n) is 4.61. The summed E-state index contributed by atoms with van der Waals surface area (Å²) in [5.74, 6) is -0.139. The van der Waals surface area contributed by atoms with Gasteiger partial charge in [-0.15, -0.1) is 38.0 Å². The van der Waals surface area contributed by atoms with Gasteiger partial charge in [0.1, 0.15) is 5.75 Å². The molecule has 1 aromatic rings. The van der Waals surface area contributed by atoms with Gasteiger partial charge in [0.05, 0.1) is 6.10 Å². The van der Waals surface area contributed by atoms with Crippen LogP contribution in [0.5, 0.6) is 5.75 Å². The highest BCUT2D eigenvalue weighted by Crippen LogP contribution is 2.38. The molecular formula is C21H33Cl2F3N2O2. The van der Waals surface area contributed by atoms with Crippen molar-refractivity contribution in [3.63, 3.8) is 0 Å². The molecular weight excluding hydrogens is 440 g/mol. The summed E-state index contributed by atoms with van der Waals surface area (Å²) in [6.45, 7) is 5.76. The molecule has 1 saturated heterocycles. The van der Waals surface area contributed by atoms with Crippen LogP contribution in [0.2, 0.25) is 0 Å². The van der Waals surface area contributed by atoms with Crippen LogP contribution in [0.4, 0.5) is 13.2 Å². The Morgan fingerprint density at radius 3 is 2.50 bits per heavy atom. The third-order valence-electron chi connectivity index (χ3n) is 6.32. The van der Waals surface area contributed by atoms with Crippen molar-refractivity contribution in [2.24, 2.45) is 5.92 Å². The molecule has 2 unspecified atom stereocenters. The summed E-state index contributed by atoms with van der Waals surface area (Å²) in [5.41, 5.74) is 0.819. The summed E-state index contributed by atoms with van der Waals surface area (Å²) in [5, 5.41) is 10.6. The summed E-state index contributed by atoms with van der Waals surface area (Å²) >= 11 is 0. The number of ether oxygens (including phenoxy) is 1. The van der Waals surface area contributed by atoms with Crippen LogP contribution >= 0.6 is 24.8 Å². The van der Waals surface area contributed by atoms with Gasteiger partial charge in [-0.1, -0.05) is 25.0 Å². The van der Waals surface area contributed by atoms with E-state index in [2.05, 4.69) is 28.5 Å². The number of alkyl halides is 3. The van der Waals surface area contributed by atoms with E-state index < -0.39 is 12.5 Å². The Hall–Kier alpha value is -0.730. The minimum atomic E-state index is -4.70. The van der Waals surface area contributed by atoms with Crippen LogP contribution in [-0.2, 0) is 0 Å². The van der Waals surface area contributed by atoms with Gasteiger partial charge in [0.2, 0.25) is 0 Å². The molecule has 1 aliphatic carbocycles. The van der Waals surface area contributed by atoms with Crippen molar-refractivity contribution in [1.82, 2.24) is 9.80 Å². The fourth-order valence-corrected chi connectivity index (χ4v) is 4.61. The molecule has 1 N–H and O–H groups in total. The smallest absolute Gasteiger partial charge is 0.406 e. The average Bonchev–Trinajstić information content (AvgIpc) is 2.62. The van der Waals surface area contributed by atoms with Crippen LogP contribution < -0.4 is 4.74 Å². The molecule has 4 atom stereocenters. The topological polar surface area (TPSA) is 35.9 Å². The third kappa shape index (κ3) is 7.45. The van der Waals surface area contributed by atoms with E-state index in [1.807, 2.05) is 6.07 Å².